The second-order valence-electron chi connectivity index (χ2n) is 3.84. The Balaban J connectivity index is 2.23. The van der Waals surface area contributed by atoms with Crippen LogP contribution in [-0.4, -0.2) is 29.4 Å². The van der Waals surface area contributed by atoms with Crippen molar-refractivity contribution in [2.24, 2.45) is 0 Å². The summed E-state index contributed by atoms with van der Waals surface area (Å²) in [4.78, 5) is 8.25. The van der Waals surface area contributed by atoms with Crippen LogP contribution in [-0.2, 0) is 13.2 Å². The first-order chi connectivity index (χ1) is 7.72. The Kier molecular flexibility index (Phi) is 3.00. The minimum Gasteiger partial charge on any atom is -0.388 e. The van der Waals surface area contributed by atoms with E-state index in [1.165, 1.54) is 0 Å². The predicted octanol–water partition coefficient (Wildman–Crippen LogP) is 0.596. The molecule has 0 atom stereocenters. The van der Waals surface area contributed by atoms with Crippen LogP contribution in [0.2, 0.25) is 0 Å². The van der Waals surface area contributed by atoms with Crippen molar-refractivity contribution in [1.29, 1.82) is 0 Å². The average Bonchev–Trinajstić information content (AvgIpc) is 2.86. The van der Waals surface area contributed by atoms with Gasteiger partial charge < -0.3 is 9.67 Å². The fourth-order valence-corrected chi connectivity index (χ4v) is 1.61. The predicted molar refractivity (Wildman–Crippen MR) is 57.7 cm³/mol. The zero-order chi connectivity index (χ0) is 11.5. The third-order valence-electron chi connectivity index (χ3n) is 2.39. The number of hydrogen-bond acceptors (Lipinski definition) is 4. The molecule has 2 heterocycles. The van der Waals surface area contributed by atoms with E-state index in [0.717, 1.165) is 5.82 Å². The Morgan fingerprint density at radius 2 is 2.12 bits per heavy atom. The number of imidazole rings is 1. The van der Waals surface area contributed by atoms with Gasteiger partial charge in [0.25, 0.3) is 0 Å². The molecule has 0 fully saturated rings. The van der Waals surface area contributed by atoms with Crippen LogP contribution in [0.3, 0.4) is 0 Å². The summed E-state index contributed by atoms with van der Waals surface area (Å²) in [6.45, 7) is 4.62. The minimum atomic E-state index is -0.0667. The highest BCUT2D eigenvalue weighted by molar-refractivity contribution is 4.96. The van der Waals surface area contributed by atoms with Crippen LogP contribution in [0.4, 0.5) is 0 Å². The van der Waals surface area contributed by atoms with Crippen molar-refractivity contribution in [2.45, 2.75) is 33.0 Å². The second kappa shape index (κ2) is 4.44. The Labute approximate surface area is 93.6 Å². The summed E-state index contributed by atoms with van der Waals surface area (Å²) in [5, 5.41) is 13.2. The van der Waals surface area contributed by atoms with E-state index in [4.69, 9.17) is 5.11 Å². The molecule has 0 saturated carbocycles. The summed E-state index contributed by atoms with van der Waals surface area (Å²) in [5.41, 5.74) is 0. The summed E-state index contributed by atoms with van der Waals surface area (Å²) >= 11 is 0. The Morgan fingerprint density at radius 3 is 2.81 bits per heavy atom. The molecule has 0 aliphatic rings. The Hall–Kier alpha value is -1.69. The van der Waals surface area contributed by atoms with E-state index >= 15 is 0 Å². The standard InChI is InChI=1S/C10H15N5O/c1-8(2)15-9(12-7-13-15)5-14-4-3-11-10(14)6-16/h3-4,7-8,16H,5-6H2,1-2H3. The minimum absolute atomic E-state index is 0.0667. The van der Waals surface area contributed by atoms with Crippen LogP contribution in [0.5, 0.6) is 0 Å². The molecule has 2 aromatic heterocycles. The molecular weight excluding hydrogens is 206 g/mol. The zero-order valence-corrected chi connectivity index (χ0v) is 9.41. The monoisotopic (exact) mass is 221 g/mol. The Morgan fingerprint density at radius 1 is 1.31 bits per heavy atom. The van der Waals surface area contributed by atoms with Crippen molar-refractivity contribution in [3.05, 3.63) is 30.4 Å². The molecule has 0 radical (unpaired) electrons. The average molecular weight is 221 g/mol. The molecular formula is C10H15N5O. The molecule has 6 nitrogen and oxygen atoms in total. The van der Waals surface area contributed by atoms with E-state index in [-0.39, 0.29) is 12.6 Å². The lowest BCUT2D eigenvalue weighted by atomic mass is 10.4. The fraction of sp³-hybridized carbons (Fsp3) is 0.500. The van der Waals surface area contributed by atoms with Crippen molar-refractivity contribution in [3.63, 3.8) is 0 Å². The zero-order valence-electron chi connectivity index (χ0n) is 9.41. The number of aromatic nitrogens is 5. The number of hydrogen-bond donors (Lipinski definition) is 1. The van der Waals surface area contributed by atoms with E-state index in [0.29, 0.717) is 12.4 Å². The maximum absolute atomic E-state index is 9.09. The van der Waals surface area contributed by atoms with Gasteiger partial charge in [-0.1, -0.05) is 0 Å². The lowest BCUT2D eigenvalue weighted by Crippen LogP contribution is -2.13. The van der Waals surface area contributed by atoms with Gasteiger partial charge in [-0.2, -0.15) is 5.10 Å². The largest absolute Gasteiger partial charge is 0.388 e. The second-order valence-corrected chi connectivity index (χ2v) is 3.84. The number of nitrogens with zero attached hydrogens (tertiary/aromatic N) is 5. The molecule has 0 aromatic carbocycles. The topological polar surface area (TPSA) is 68.8 Å². The molecule has 0 amide bonds. The van der Waals surface area contributed by atoms with Gasteiger partial charge >= 0.3 is 0 Å². The third-order valence-corrected chi connectivity index (χ3v) is 2.39. The van der Waals surface area contributed by atoms with Gasteiger partial charge in [-0.25, -0.2) is 14.6 Å². The van der Waals surface area contributed by atoms with Crippen molar-refractivity contribution in [2.75, 3.05) is 0 Å². The molecule has 16 heavy (non-hydrogen) atoms. The van der Waals surface area contributed by atoms with Gasteiger partial charge in [0.05, 0.1) is 6.54 Å². The van der Waals surface area contributed by atoms with Crippen molar-refractivity contribution >= 4 is 0 Å². The maximum atomic E-state index is 9.09. The van der Waals surface area contributed by atoms with Gasteiger partial charge in [0, 0.05) is 18.4 Å². The van der Waals surface area contributed by atoms with Gasteiger partial charge in [-0.3, -0.25) is 0 Å². The van der Waals surface area contributed by atoms with Crippen molar-refractivity contribution < 1.29 is 5.11 Å². The number of aliphatic hydroxyl groups is 1. The van der Waals surface area contributed by atoms with Crippen LogP contribution in [0.1, 0.15) is 31.5 Å². The summed E-state index contributed by atoms with van der Waals surface area (Å²) in [7, 11) is 0. The van der Waals surface area contributed by atoms with Crippen LogP contribution in [0, 0.1) is 0 Å². The lowest BCUT2D eigenvalue weighted by Gasteiger charge is -2.10. The van der Waals surface area contributed by atoms with Gasteiger partial charge in [-0.15, -0.1) is 0 Å². The first-order valence-corrected chi connectivity index (χ1v) is 5.21. The molecule has 0 saturated heterocycles. The van der Waals surface area contributed by atoms with Crippen molar-refractivity contribution in [1.82, 2.24) is 24.3 Å². The lowest BCUT2D eigenvalue weighted by molar-refractivity contribution is 0.265. The maximum Gasteiger partial charge on any atom is 0.147 e. The quantitative estimate of drug-likeness (QED) is 0.820. The highest BCUT2D eigenvalue weighted by Crippen LogP contribution is 2.08. The van der Waals surface area contributed by atoms with Gasteiger partial charge in [-0.05, 0) is 13.8 Å². The first kappa shape index (κ1) is 10.8. The molecule has 0 spiro atoms. The molecule has 0 aliphatic heterocycles. The summed E-state index contributed by atoms with van der Waals surface area (Å²) < 4.78 is 3.73. The van der Waals surface area contributed by atoms with Crippen LogP contribution in [0.15, 0.2) is 18.7 Å². The third kappa shape index (κ3) is 1.96. The van der Waals surface area contributed by atoms with Gasteiger partial charge in [0.1, 0.15) is 24.6 Å². The van der Waals surface area contributed by atoms with Gasteiger partial charge in [0.2, 0.25) is 0 Å². The van der Waals surface area contributed by atoms with Gasteiger partial charge in [0.15, 0.2) is 0 Å². The highest BCUT2D eigenvalue weighted by atomic mass is 16.3. The highest BCUT2D eigenvalue weighted by Gasteiger charge is 2.09. The first-order valence-electron chi connectivity index (χ1n) is 5.21. The molecule has 2 aromatic rings. The molecule has 0 aliphatic carbocycles. The summed E-state index contributed by atoms with van der Waals surface area (Å²) in [5.74, 6) is 1.50. The molecule has 1 N–H and O–H groups in total. The molecule has 2 rings (SSSR count). The number of aliphatic hydroxyl groups excluding tert-OH is 1. The number of rotatable bonds is 4. The van der Waals surface area contributed by atoms with Crippen LogP contribution < -0.4 is 0 Å². The van der Waals surface area contributed by atoms with Crippen molar-refractivity contribution in [3.8, 4) is 0 Å². The Bertz CT molecular complexity index is 459. The van der Waals surface area contributed by atoms with E-state index in [1.54, 1.807) is 12.5 Å². The summed E-state index contributed by atoms with van der Waals surface area (Å²) in [6.07, 6.45) is 5.04. The van der Waals surface area contributed by atoms with E-state index in [9.17, 15) is 0 Å². The van der Waals surface area contributed by atoms with Crippen LogP contribution >= 0.6 is 0 Å². The van der Waals surface area contributed by atoms with E-state index in [2.05, 4.69) is 28.9 Å². The summed E-state index contributed by atoms with van der Waals surface area (Å²) in [6, 6.07) is 0.276. The molecule has 6 heteroatoms. The van der Waals surface area contributed by atoms with E-state index in [1.807, 2.05) is 15.4 Å². The molecule has 0 bridgehead atoms. The normalized spacial score (nSPS) is 11.2. The SMILES string of the molecule is CC(C)n1ncnc1Cn1ccnc1CO. The molecule has 0 unspecified atom stereocenters. The smallest absolute Gasteiger partial charge is 0.147 e. The fourth-order valence-electron chi connectivity index (χ4n) is 1.61. The molecule has 86 valence electrons. The van der Waals surface area contributed by atoms with E-state index < -0.39 is 0 Å². The van der Waals surface area contributed by atoms with Crippen LogP contribution in [0.25, 0.3) is 0 Å².